The molecule has 0 saturated carbocycles. The molecule has 0 aliphatic carbocycles. The van der Waals surface area contributed by atoms with Gasteiger partial charge in [0.25, 0.3) is 0 Å². The smallest absolute Gasteiger partial charge is 0.242 e. The van der Waals surface area contributed by atoms with Crippen molar-refractivity contribution in [2.45, 2.75) is 97.6 Å². The summed E-state index contributed by atoms with van der Waals surface area (Å²) in [6, 6.07) is -0.325. The van der Waals surface area contributed by atoms with Crippen LogP contribution < -0.4 is 22.1 Å². The third-order valence-corrected chi connectivity index (χ3v) is 3.82. The second-order valence-corrected chi connectivity index (χ2v) is 6.20. The highest BCUT2D eigenvalue weighted by Crippen LogP contribution is 2.05. The molecule has 0 rings (SSSR count). The summed E-state index contributed by atoms with van der Waals surface area (Å²) in [5.74, 6) is -0.142. The molecule has 0 fully saturated rings. The average molecular weight is 359 g/mol. The number of nitrogens with one attached hydrogen (secondary N) is 2. The Morgan fingerprint density at radius 1 is 0.880 bits per heavy atom. The summed E-state index contributed by atoms with van der Waals surface area (Å²) in [5.41, 5.74) is 10.9. The van der Waals surface area contributed by atoms with Crippen molar-refractivity contribution in [2.24, 2.45) is 11.5 Å². The number of hydrogen-bond donors (Lipinski definition) is 4. The molecule has 0 aliphatic rings. The van der Waals surface area contributed by atoms with Crippen LogP contribution in [0.25, 0.3) is 0 Å². The van der Waals surface area contributed by atoms with Gasteiger partial charge in [-0.15, -0.1) is 0 Å². The van der Waals surface area contributed by atoms with Crippen molar-refractivity contribution in [3.05, 3.63) is 0 Å². The van der Waals surface area contributed by atoms with E-state index in [0.717, 1.165) is 44.9 Å². The van der Waals surface area contributed by atoms with Gasteiger partial charge in [-0.3, -0.25) is 9.59 Å². The number of amides is 2. The lowest BCUT2D eigenvalue weighted by atomic mass is 10.1. The summed E-state index contributed by atoms with van der Waals surface area (Å²) in [6.07, 6.45) is 7.43. The molecule has 0 spiro atoms. The number of rotatable bonds is 14. The van der Waals surface area contributed by atoms with Crippen molar-refractivity contribution in [3.63, 3.8) is 0 Å². The highest BCUT2D eigenvalue weighted by Gasteiger charge is 2.21. The van der Waals surface area contributed by atoms with E-state index in [-0.39, 0.29) is 17.9 Å². The van der Waals surface area contributed by atoms with Crippen LogP contribution in [0.1, 0.15) is 85.5 Å². The third kappa shape index (κ3) is 16.1. The van der Waals surface area contributed by atoms with E-state index in [1.165, 1.54) is 0 Å². The number of hydrogen-bond acceptors (Lipinski definition) is 4. The molecular formula is C19H42N4O2. The first-order valence-corrected chi connectivity index (χ1v) is 10.0. The Bertz CT molecular complexity index is 325. The molecular weight excluding hydrogens is 316 g/mol. The molecule has 150 valence electrons. The van der Waals surface area contributed by atoms with E-state index >= 15 is 0 Å². The topological polar surface area (TPSA) is 110 Å². The van der Waals surface area contributed by atoms with Gasteiger partial charge in [-0.25, -0.2) is 0 Å². The van der Waals surface area contributed by atoms with Crippen LogP contribution in [0.15, 0.2) is 0 Å². The van der Waals surface area contributed by atoms with Crippen LogP contribution in [0.2, 0.25) is 0 Å². The van der Waals surface area contributed by atoms with Crippen LogP contribution in [0, 0.1) is 0 Å². The molecule has 2 atom stereocenters. The van der Waals surface area contributed by atoms with Gasteiger partial charge in [0.1, 0.15) is 6.04 Å². The molecule has 2 amide bonds. The molecule has 0 heterocycles. The zero-order chi connectivity index (χ0) is 19.5. The van der Waals surface area contributed by atoms with Crippen LogP contribution in [-0.2, 0) is 9.59 Å². The Morgan fingerprint density at radius 2 is 1.48 bits per heavy atom. The highest BCUT2D eigenvalue weighted by atomic mass is 16.2. The SMILES string of the molecule is CC.CCCC(C)NC(=O)C(CCCCN)NC(=O)CCCCCN. The number of unbranched alkanes of at least 4 members (excludes halogenated alkanes) is 3. The second kappa shape index (κ2) is 19.2. The number of carbonyl (C=O) groups excluding carboxylic acids is 2. The fraction of sp³-hybridized carbons (Fsp3) is 0.895. The highest BCUT2D eigenvalue weighted by molar-refractivity contribution is 5.87. The molecule has 0 bridgehead atoms. The number of carbonyl (C=O) groups is 2. The second-order valence-electron chi connectivity index (χ2n) is 6.20. The molecule has 0 radical (unpaired) electrons. The van der Waals surface area contributed by atoms with E-state index in [1.54, 1.807) is 0 Å². The van der Waals surface area contributed by atoms with Gasteiger partial charge in [-0.05, 0) is 58.5 Å². The van der Waals surface area contributed by atoms with E-state index in [1.807, 2.05) is 20.8 Å². The lowest BCUT2D eigenvalue weighted by molar-refractivity contribution is -0.129. The van der Waals surface area contributed by atoms with Crippen LogP contribution in [0.3, 0.4) is 0 Å². The zero-order valence-corrected chi connectivity index (χ0v) is 16.9. The van der Waals surface area contributed by atoms with Gasteiger partial charge in [-0.2, -0.15) is 0 Å². The van der Waals surface area contributed by atoms with E-state index in [9.17, 15) is 9.59 Å². The summed E-state index contributed by atoms with van der Waals surface area (Å²) in [5, 5.41) is 5.87. The standard InChI is InChI=1S/C17H36N4O2.C2H6/c1-3-9-14(2)20-17(23)15(10-6-8-13-19)21-16(22)11-5-4-7-12-18;1-2/h14-15H,3-13,18-19H2,1-2H3,(H,20,23)(H,21,22);1-2H3. The largest absolute Gasteiger partial charge is 0.352 e. The maximum absolute atomic E-state index is 12.4. The minimum atomic E-state index is -0.456. The van der Waals surface area contributed by atoms with E-state index in [0.29, 0.717) is 25.9 Å². The van der Waals surface area contributed by atoms with Gasteiger partial charge < -0.3 is 22.1 Å². The van der Waals surface area contributed by atoms with Crippen molar-refractivity contribution in [2.75, 3.05) is 13.1 Å². The normalized spacial score (nSPS) is 12.6. The van der Waals surface area contributed by atoms with Crippen molar-refractivity contribution in [3.8, 4) is 0 Å². The summed E-state index contributed by atoms with van der Waals surface area (Å²) in [4.78, 5) is 24.4. The molecule has 6 heteroatoms. The quantitative estimate of drug-likeness (QED) is 0.357. The third-order valence-electron chi connectivity index (χ3n) is 3.82. The van der Waals surface area contributed by atoms with Crippen molar-refractivity contribution in [1.82, 2.24) is 10.6 Å². The first-order valence-electron chi connectivity index (χ1n) is 10.0. The molecule has 6 nitrogen and oxygen atoms in total. The van der Waals surface area contributed by atoms with Crippen LogP contribution in [0.5, 0.6) is 0 Å². The lowest BCUT2D eigenvalue weighted by Gasteiger charge is -2.21. The summed E-state index contributed by atoms with van der Waals surface area (Å²) >= 11 is 0. The Labute approximate surface area is 154 Å². The maximum Gasteiger partial charge on any atom is 0.242 e. The fourth-order valence-electron chi connectivity index (χ4n) is 2.48. The molecule has 2 unspecified atom stereocenters. The van der Waals surface area contributed by atoms with E-state index in [4.69, 9.17) is 11.5 Å². The molecule has 0 aromatic heterocycles. The zero-order valence-electron chi connectivity index (χ0n) is 16.9. The Balaban J connectivity index is 0. The average Bonchev–Trinajstić information content (AvgIpc) is 2.60. The van der Waals surface area contributed by atoms with Gasteiger partial charge in [-0.1, -0.05) is 33.6 Å². The molecule has 0 aromatic carbocycles. The van der Waals surface area contributed by atoms with Gasteiger partial charge in [0.15, 0.2) is 0 Å². The molecule has 0 aromatic rings. The van der Waals surface area contributed by atoms with Crippen molar-refractivity contribution >= 4 is 11.8 Å². The summed E-state index contributed by atoms with van der Waals surface area (Å²) in [6.45, 7) is 9.34. The first-order chi connectivity index (χ1) is 12.0. The molecule has 0 aliphatic heterocycles. The van der Waals surface area contributed by atoms with Crippen molar-refractivity contribution in [1.29, 1.82) is 0 Å². The lowest BCUT2D eigenvalue weighted by Crippen LogP contribution is -2.49. The maximum atomic E-state index is 12.4. The van der Waals surface area contributed by atoms with Crippen LogP contribution in [-0.4, -0.2) is 37.0 Å². The fourth-order valence-corrected chi connectivity index (χ4v) is 2.48. The van der Waals surface area contributed by atoms with Crippen molar-refractivity contribution < 1.29 is 9.59 Å². The summed E-state index contributed by atoms with van der Waals surface area (Å²) in [7, 11) is 0. The predicted molar refractivity (Wildman–Crippen MR) is 106 cm³/mol. The van der Waals surface area contributed by atoms with Crippen LogP contribution in [0.4, 0.5) is 0 Å². The van der Waals surface area contributed by atoms with E-state index < -0.39 is 6.04 Å². The molecule has 25 heavy (non-hydrogen) atoms. The Kier molecular flexibility index (Phi) is 20.0. The van der Waals surface area contributed by atoms with Gasteiger partial charge in [0.2, 0.25) is 11.8 Å². The monoisotopic (exact) mass is 358 g/mol. The molecule has 0 saturated heterocycles. The molecule has 6 N–H and O–H groups in total. The number of nitrogens with two attached hydrogens (primary N) is 2. The van der Waals surface area contributed by atoms with Gasteiger partial charge >= 0.3 is 0 Å². The van der Waals surface area contributed by atoms with Crippen LogP contribution >= 0.6 is 0 Å². The van der Waals surface area contributed by atoms with Gasteiger partial charge in [0.05, 0.1) is 0 Å². The van der Waals surface area contributed by atoms with Gasteiger partial charge in [0, 0.05) is 12.5 Å². The predicted octanol–water partition coefficient (Wildman–Crippen LogP) is 2.45. The first kappa shape index (κ1) is 26.1. The summed E-state index contributed by atoms with van der Waals surface area (Å²) < 4.78 is 0. The Hall–Kier alpha value is -1.14. The van der Waals surface area contributed by atoms with E-state index in [2.05, 4.69) is 17.6 Å². The minimum absolute atomic E-state index is 0.0573. The Morgan fingerprint density at radius 3 is 2.04 bits per heavy atom. The minimum Gasteiger partial charge on any atom is -0.352 e.